The molecule has 4 heteroatoms. The van der Waals surface area contributed by atoms with Crippen LogP contribution in [0.5, 0.6) is 0 Å². The van der Waals surface area contributed by atoms with E-state index in [0.29, 0.717) is 17.7 Å². The second kappa shape index (κ2) is 9.18. The molecular formula is C23H35N3O. The van der Waals surface area contributed by atoms with Crippen molar-refractivity contribution in [1.29, 1.82) is 0 Å². The highest BCUT2D eigenvalue weighted by Crippen LogP contribution is 2.29. The van der Waals surface area contributed by atoms with Gasteiger partial charge in [0.05, 0.1) is 0 Å². The van der Waals surface area contributed by atoms with Crippen molar-refractivity contribution < 1.29 is 4.79 Å². The number of rotatable bonds is 5. The predicted molar refractivity (Wildman–Crippen MR) is 108 cm³/mol. The molecule has 1 aromatic heterocycles. The van der Waals surface area contributed by atoms with Gasteiger partial charge in [0.15, 0.2) is 0 Å². The van der Waals surface area contributed by atoms with Crippen molar-refractivity contribution in [2.45, 2.75) is 70.3 Å². The Morgan fingerprint density at radius 2 is 1.74 bits per heavy atom. The van der Waals surface area contributed by atoms with Crippen LogP contribution in [0.15, 0.2) is 24.4 Å². The first-order valence-corrected chi connectivity index (χ1v) is 11.2. The second-order valence-electron chi connectivity index (χ2n) is 9.02. The van der Waals surface area contributed by atoms with E-state index in [4.69, 9.17) is 0 Å². The number of aromatic nitrogens is 1. The van der Waals surface area contributed by atoms with Crippen LogP contribution < -0.4 is 0 Å². The molecule has 1 atom stereocenters. The quantitative estimate of drug-likeness (QED) is 0.790. The lowest BCUT2D eigenvalue weighted by Crippen LogP contribution is -2.38. The van der Waals surface area contributed by atoms with E-state index < -0.39 is 0 Å². The minimum atomic E-state index is 0.404. The van der Waals surface area contributed by atoms with Crippen LogP contribution in [0.2, 0.25) is 0 Å². The SMILES string of the molecule is O=C(CC1CCCC1)N1CCN(C2CCCC2)C[C@@H](Cc2ccccn2)C1. The molecule has 0 bridgehead atoms. The van der Waals surface area contributed by atoms with Crippen molar-refractivity contribution in [1.82, 2.24) is 14.8 Å². The maximum Gasteiger partial charge on any atom is 0.222 e. The standard InChI is InChI=1S/C23H35N3O/c27-23(16-19-7-1-2-8-19)26-14-13-25(22-10-3-4-11-22)17-20(18-26)15-21-9-5-6-12-24-21/h5-6,9,12,19-20,22H,1-4,7-8,10-11,13-18H2/t20-/m1/s1. The van der Waals surface area contributed by atoms with Gasteiger partial charge in [-0.2, -0.15) is 0 Å². The van der Waals surface area contributed by atoms with Crippen molar-refractivity contribution in [3.05, 3.63) is 30.1 Å². The summed E-state index contributed by atoms with van der Waals surface area (Å²) in [6.45, 7) is 4.00. The highest BCUT2D eigenvalue weighted by atomic mass is 16.2. The number of carbonyl (C=O) groups is 1. The molecule has 0 spiro atoms. The highest BCUT2D eigenvalue weighted by molar-refractivity contribution is 5.76. The maximum atomic E-state index is 13.0. The number of pyridine rings is 1. The third kappa shape index (κ3) is 5.10. The Balaban J connectivity index is 1.43. The predicted octanol–water partition coefficient (Wildman–Crippen LogP) is 3.91. The van der Waals surface area contributed by atoms with Gasteiger partial charge in [0, 0.05) is 50.5 Å². The summed E-state index contributed by atoms with van der Waals surface area (Å²) in [4.78, 5) is 22.5. The summed E-state index contributed by atoms with van der Waals surface area (Å²) in [5, 5.41) is 0. The molecule has 1 aliphatic heterocycles. The molecule has 0 unspecified atom stereocenters. The molecule has 4 rings (SSSR count). The molecule has 3 fully saturated rings. The summed E-state index contributed by atoms with van der Waals surface area (Å²) >= 11 is 0. The highest BCUT2D eigenvalue weighted by Gasteiger charge is 2.31. The number of nitrogens with zero attached hydrogens (tertiary/aromatic N) is 3. The van der Waals surface area contributed by atoms with E-state index in [1.165, 1.54) is 57.1 Å². The molecule has 1 amide bonds. The molecule has 1 aromatic rings. The maximum absolute atomic E-state index is 13.0. The topological polar surface area (TPSA) is 36.4 Å². The number of carbonyl (C=O) groups excluding carboxylic acids is 1. The van der Waals surface area contributed by atoms with Gasteiger partial charge in [-0.3, -0.25) is 14.7 Å². The zero-order valence-corrected chi connectivity index (χ0v) is 16.7. The Morgan fingerprint density at radius 3 is 2.48 bits per heavy atom. The van der Waals surface area contributed by atoms with Crippen LogP contribution in [0.4, 0.5) is 0 Å². The van der Waals surface area contributed by atoms with Crippen LogP contribution in [-0.4, -0.2) is 52.9 Å². The van der Waals surface area contributed by atoms with Crippen LogP contribution in [0.1, 0.15) is 63.5 Å². The second-order valence-corrected chi connectivity index (χ2v) is 9.02. The fourth-order valence-electron chi connectivity index (χ4n) is 5.49. The zero-order valence-electron chi connectivity index (χ0n) is 16.7. The number of amides is 1. The third-order valence-corrected chi connectivity index (χ3v) is 6.98. The third-order valence-electron chi connectivity index (χ3n) is 6.98. The largest absolute Gasteiger partial charge is 0.341 e. The van der Waals surface area contributed by atoms with Crippen molar-refractivity contribution >= 4 is 5.91 Å². The summed E-state index contributed by atoms with van der Waals surface area (Å²) < 4.78 is 0. The summed E-state index contributed by atoms with van der Waals surface area (Å²) in [5.74, 6) is 1.54. The van der Waals surface area contributed by atoms with Crippen LogP contribution in [-0.2, 0) is 11.2 Å². The molecule has 2 saturated carbocycles. The molecule has 148 valence electrons. The molecule has 0 aromatic carbocycles. The van der Waals surface area contributed by atoms with Gasteiger partial charge in [-0.1, -0.05) is 31.7 Å². The molecule has 3 aliphatic rings. The van der Waals surface area contributed by atoms with Gasteiger partial charge in [0.1, 0.15) is 0 Å². The van der Waals surface area contributed by atoms with Crippen LogP contribution in [0.3, 0.4) is 0 Å². The fourth-order valence-corrected chi connectivity index (χ4v) is 5.49. The molecule has 2 aliphatic carbocycles. The first-order valence-electron chi connectivity index (χ1n) is 11.2. The molecule has 2 heterocycles. The Labute approximate surface area is 164 Å². The van der Waals surface area contributed by atoms with E-state index >= 15 is 0 Å². The van der Waals surface area contributed by atoms with Gasteiger partial charge in [0.2, 0.25) is 5.91 Å². The van der Waals surface area contributed by atoms with E-state index in [2.05, 4.69) is 26.9 Å². The first kappa shape index (κ1) is 18.9. The summed E-state index contributed by atoms with van der Waals surface area (Å²) in [7, 11) is 0. The van der Waals surface area contributed by atoms with Gasteiger partial charge < -0.3 is 4.90 Å². The van der Waals surface area contributed by atoms with E-state index in [1.807, 2.05) is 12.3 Å². The van der Waals surface area contributed by atoms with Crippen molar-refractivity contribution in [2.75, 3.05) is 26.2 Å². The fraction of sp³-hybridized carbons (Fsp3) is 0.739. The normalized spacial score (nSPS) is 25.8. The first-order chi connectivity index (χ1) is 13.3. The van der Waals surface area contributed by atoms with Crippen molar-refractivity contribution in [2.24, 2.45) is 11.8 Å². The van der Waals surface area contributed by atoms with Crippen molar-refractivity contribution in [3.63, 3.8) is 0 Å². The number of hydrogen-bond donors (Lipinski definition) is 0. The van der Waals surface area contributed by atoms with E-state index in [9.17, 15) is 4.79 Å². The van der Waals surface area contributed by atoms with Crippen molar-refractivity contribution in [3.8, 4) is 0 Å². The average molecular weight is 370 g/mol. The van der Waals surface area contributed by atoms with E-state index in [-0.39, 0.29) is 0 Å². The van der Waals surface area contributed by atoms with Gasteiger partial charge in [-0.15, -0.1) is 0 Å². The van der Waals surface area contributed by atoms with Crippen LogP contribution in [0.25, 0.3) is 0 Å². The molecule has 4 nitrogen and oxygen atoms in total. The van der Waals surface area contributed by atoms with E-state index in [1.54, 1.807) is 0 Å². The Hall–Kier alpha value is -1.42. The molecule has 27 heavy (non-hydrogen) atoms. The van der Waals surface area contributed by atoms with Gasteiger partial charge in [0.25, 0.3) is 0 Å². The average Bonchev–Trinajstić information content (AvgIpc) is 3.35. The number of hydrogen-bond acceptors (Lipinski definition) is 3. The van der Waals surface area contributed by atoms with E-state index in [0.717, 1.165) is 45.1 Å². The Kier molecular flexibility index (Phi) is 6.43. The minimum absolute atomic E-state index is 0.404. The summed E-state index contributed by atoms with van der Waals surface area (Å²) in [5.41, 5.74) is 1.17. The molecule has 0 N–H and O–H groups in total. The van der Waals surface area contributed by atoms with Gasteiger partial charge in [-0.05, 0) is 56.1 Å². The minimum Gasteiger partial charge on any atom is -0.341 e. The lowest BCUT2D eigenvalue weighted by Gasteiger charge is -2.29. The molecule has 1 saturated heterocycles. The molecular weight excluding hydrogens is 334 g/mol. The summed E-state index contributed by atoms with van der Waals surface area (Å²) in [6, 6.07) is 6.94. The Bertz CT molecular complexity index is 593. The lowest BCUT2D eigenvalue weighted by molar-refractivity contribution is -0.132. The van der Waals surface area contributed by atoms with Crippen LogP contribution in [0, 0.1) is 11.8 Å². The monoisotopic (exact) mass is 369 g/mol. The Morgan fingerprint density at radius 1 is 0.963 bits per heavy atom. The molecule has 0 radical (unpaired) electrons. The zero-order chi connectivity index (χ0) is 18.5. The van der Waals surface area contributed by atoms with Crippen LogP contribution >= 0.6 is 0 Å². The summed E-state index contributed by atoms with van der Waals surface area (Å²) in [6.07, 6.45) is 14.2. The lowest BCUT2D eigenvalue weighted by atomic mass is 9.99. The van der Waals surface area contributed by atoms with Gasteiger partial charge >= 0.3 is 0 Å². The smallest absolute Gasteiger partial charge is 0.222 e. The van der Waals surface area contributed by atoms with Gasteiger partial charge in [-0.25, -0.2) is 0 Å².